The molecule has 0 aliphatic carbocycles. The first-order valence-corrected chi connectivity index (χ1v) is 6.89. The van der Waals surface area contributed by atoms with E-state index in [2.05, 4.69) is 9.88 Å². The van der Waals surface area contributed by atoms with Gasteiger partial charge in [-0.3, -0.25) is 0 Å². The molecule has 0 spiro atoms. The number of aryl methyl sites for hydroxylation is 2. The van der Waals surface area contributed by atoms with Crippen LogP contribution in [0.25, 0.3) is 0 Å². The Kier molecular flexibility index (Phi) is 5.10. The number of hydrogen-bond acceptors (Lipinski definition) is 5. The molecule has 1 aromatic heterocycles. The number of ether oxygens (including phenoxy) is 1. The zero-order chi connectivity index (χ0) is 12.9. The predicted octanol–water partition coefficient (Wildman–Crippen LogP) is 0.996. The van der Waals surface area contributed by atoms with Crippen LogP contribution in [0.5, 0.6) is 0 Å². The van der Waals surface area contributed by atoms with Crippen LogP contribution >= 0.6 is 0 Å². The van der Waals surface area contributed by atoms with Crippen LogP contribution < -0.4 is 4.72 Å². The number of nitrogens with one attached hydrogen (secondary N) is 1. The van der Waals surface area contributed by atoms with Crippen molar-refractivity contribution in [1.82, 2.24) is 9.88 Å². The van der Waals surface area contributed by atoms with Crippen molar-refractivity contribution in [2.24, 2.45) is 0 Å². The summed E-state index contributed by atoms with van der Waals surface area (Å²) in [5.74, 6) is 0.312. The third-order valence-corrected chi connectivity index (χ3v) is 4.01. The van der Waals surface area contributed by atoms with Gasteiger partial charge in [0.1, 0.15) is 10.6 Å². The number of rotatable bonds is 7. The van der Waals surface area contributed by atoms with E-state index in [0.29, 0.717) is 24.6 Å². The minimum atomic E-state index is -3.51. The molecule has 1 aromatic rings. The van der Waals surface area contributed by atoms with E-state index in [-0.39, 0.29) is 4.90 Å². The lowest BCUT2D eigenvalue weighted by Gasteiger charge is -2.05. The first kappa shape index (κ1) is 14.1. The minimum absolute atomic E-state index is 0.143. The molecule has 0 saturated carbocycles. The SMILES string of the molecule is COCCCCNS(=O)(=O)c1c(C)noc1C. The van der Waals surface area contributed by atoms with Crippen LogP contribution in [0, 0.1) is 13.8 Å². The van der Waals surface area contributed by atoms with E-state index in [1.165, 1.54) is 0 Å². The van der Waals surface area contributed by atoms with Gasteiger partial charge in [-0.15, -0.1) is 0 Å². The zero-order valence-electron chi connectivity index (χ0n) is 10.3. The average molecular weight is 262 g/mol. The van der Waals surface area contributed by atoms with Crippen LogP contribution in [0.2, 0.25) is 0 Å². The van der Waals surface area contributed by atoms with Crippen LogP contribution in [0.1, 0.15) is 24.3 Å². The van der Waals surface area contributed by atoms with Gasteiger partial charge in [0, 0.05) is 20.3 Å². The molecular formula is C10H18N2O4S. The summed E-state index contributed by atoms with van der Waals surface area (Å²) in [6.07, 6.45) is 1.55. The van der Waals surface area contributed by atoms with E-state index < -0.39 is 10.0 Å². The molecule has 6 nitrogen and oxygen atoms in total. The van der Waals surface area contributed by atoms with Gasteiger partial charge in [0.2, 0.25) is 10.0 Å². The van der Waals surface area contributed by atoms with Gasteiger partial charge in [-0.2, -0.15) is 0 Å². The van der Waals surface area contributed by atoms with E-state index in [1.807, 2.05) is 0 Å². The normalized spacial score (nSPS) is 11.9. The molecular weight excluding hydrogens is 244 g/mol. The van der Waals surface area contributed by atoms with Gasteiger partial charge in [0.15, 0.2) is 5.76 Å². The molecule has 0 unspecified atom stereocenters. The maximum atomic E-state index is 11.9. The van der Waals surface area contributed by atoms with E-state index >= 15 is 0 Å². The van der Waals surface area contributed by atoms with Crippen LogP contribution in [-0.4, -0.2) is 33.8 Å². The highest BCUT2D eigenvalue weighted by Gasteiger charge is 2.23. The number of unbranched alkanes of at least 4 members (excludes halogenated alkanes) is 1. The van der Waals surface area contributed by atoms with Gasteiger partial charge >= 0.3 is 0 Å². The molecule has 0 saturated heterocycles. The minimum Gasteiger partial charge on any atom is -0.385 e. The molecule has 98 valence electrons. The third kappa shape index (κ3) is 3.79. The Morgan fingerprint density at radius 1 is 1.35 bits per heavy atom. The molecule has 1 N–H and O–H groups in total. The maximum absolute atomic E-state index is 11.9. The van der Waals surface area contributed by atoms with Gasteiger partial charge in [0.05, 0.1) is 0 Å². The summed E-state index contributed by atoms with van der Waals surface area (Å²) < 4.78 is 36.1. The molecule has 0 atom stereocenters. The molecule has 1 rings (SSSR count). The van der Waals surface area contributed by atoms with E-state index in [9.17, 15) is 8.42 Å². The lowest BCUT2D eigenvalue weighted by molar-refractivity contribution is 0.193. The second-order valence-corrected chi connectivity index (χ2v) is 5.45. The zero-order valence-corrected chi connectivity index (χ0v) is 11.1. The Balaban J connectivity index is 2.58. The first-order chi connectivity index (χ1) is 7.99. The second kappa shape index (κ2) is 6.13. The van der Waals surface area contributed by atoms with Crippen LogP contribution in [0.4, 0.5) is 0 Å². The smallest absolute Gasteiger partial charge is 0.245 e. The molecule has 0 fully saturated rings. The topological polar surface area (TPSA) is 81.4 Å². The Bertz CT molecular complexity index is 433. The number of nitrogens with zero attached hydrogens (tertiary/aromatic N) is 1. The Hall–Kier alpha value is -0.920. The fraction of sp³-hybridized carbons (Fsp3) is 0.700. The molecule has 7 heteroatoms. The highest BCUT2D eigenvalue weighted by molar-refractivity contribution is 7.89. The Morgan fingerprint density at radius 3 is 2.59 bits per heavy atom. The molecule has 1 heterocycles. The lowest BCUT2D eigenvalue weighted by atomic mass is 10.3. The fourth-order valence-corrected chi connectivity index (χ4v) is 2.91. The number of sulfonamides is 1. The summed E-state index contributed by atoms with van der Waals surface area (Å²) in [6.45, 7) is 4.21. The van der Waals surface area contributed by atoms with Crippen molar-refractivity contribution in [2.75, 3.05) is 20.3 Å². The molecule has 17 heavy (non-hydrogen) atoms. The van der Waals surface area contributed by atoms with Crippen molar-refractivity contribution in [3.8, 4) is 0 Å². The summed E-state index contributed by atoms with van der Waals surface area (Å²) in [5.41, 5.74) is 0.381. The lowest BCUT2D eigenvalue weighted by Crippen LogP contribution is -2.25. The molecule has 0 radical (unpaired) electrons. The van der Waals surface area contributed by atoms with Gasteiger partial charge in [-0.05, 0) is 26.7 Å². The van der Waals surface area contributed by atoms with E-state index in [0.717, 1.165) is 12.8 Å². The summed E-state index contributed by atoms with van der Waals surface area (Å²) in [7, 11) is -1.89. The quantitative estimate of drug-likeness (QED) is 0.741. The van der Waals surface area contributed by atoms with Crippen molar-refractivity contribution in [3.63, 3.8) is 0 Å². The summed E-state index contributed by atoms with van der Waals surface area (Å²) in [6, 6.07) is 0. The maximum Gasteiger partial charge on any atom is 0.245 e. The van der Waals surface area contributed by atoms with Gasteiger partial charge < -0.3 is 9.26 Å². The van der Waals surface area contributed by atoms with E-state index in [4.69, 9.17) is 9.26 Å². The largest absolute Gasteiger partial charge is 0.385 e. The van der Waals surface area contributed by atoms with Crippen molar-refractivity contribution in [3.05, 3.63) is 11.5 Å². The van der Waals surface area contributed by atoms with Crippen LogP contribution in [0.3, 0.4) is 0 Å². The van der Waals surface area contributed by atoms with Crippen LogP contribution in [0.15, 0.2) is 9.42 Å². The fourth-order valence-electron chi connectivity index (χ4n) is 1.51. The molecule has 0 bridgehead atoms. The van der Waals surface area contributed by atoms with Crippen molar-refractivity contribution in [1.29, 1.82) is 0 Å². The van der Waals surface area contributed by atoms with Gasteiger partial charge in [0.25, 0.3) is 0 Å². The average Bonchev–Trinajstić information content (AvgIpc) is 2.58. The molecule has 0 amide bonds. The standard InChI is InChI=1S/C10H18N2O4S/c1-8-10(9(2)16-12-8)17(13,14)11-6-4-5-7-15-3/h11H,4-7H2,1-3H3. The third-order valence-electron chi connectivity index (χ3n) is 2.30. The molecule has 0 aliphatic rings. The van der Waals surface area contributed by atoms with Gasteiger partial charge in [-0.25, -0.2) is 13.1 Å². The monoisotopic (exact) mass is 262 g/mol. The van der Waals surface area contributed by atoms with E-state index in [1.54, 1.807) is 21.0 Å². The number of aromatic nitrogens is 1. The number of hydrogen-bond donors (Lipinski definition) is 1. The Morgan fingerprint density at radius 2 is 2.06 bits per heavy atom. The predicted molar refractivity (Wildman–Crippen MR) is 62.3 cm³/mol. The summed E-state index contributed by atoms with van der Waals surface area (Å²) in [5, 5.41) is 3.63. The van der Waals surface area contributed by atoms with Crippen LogP contribution in [-0.2, 0) is 14.8 Å². The second-order valence-electron chi connectivity index (χ2n) is 3.75. The summed E-state index contributed by atoms with van der Waals surface area (Å²) >= 11 is 0. The van der Waals surface area contributed by atoms with Gasteiger partial charge in [-0.1, -0.05) is 5.16 Å². The van der Waals surface area contributed by atoms with Crippen molar-refractivity contribution in [2.45, 2.75) is 31.6 Å². The number of methoxy groups -OCH3 is 1. The highest BCUT2D eigenvalue weighted by Crippen LogP contribution is 2.18. The van der Waals surface area contributed by atoms with Crippen molar-refractivity contribution >= 4 is 10.0 Å². The summed E-state index contributed by atoms with van der Waals surface area (Å²) in [4.78, 5) is 0.143. The van der Waals surface area contributed by atoms with Crippen molar-refractivity contribution < 1.29 is 17.7 Å². The molecule has 0 aliphatic heterocycles. The molecule has 0 aromatic carbocycles. The highest BCUT2D eigenvalue weighted by atomic mass is 32.2. The first-order valence-electron chi connectivity index (χ1n) is 5.40. The Labute approximate surface area is 101 Å².